The summed E-state index contributed by atoms with van der Waals surface area (Å²) in [6, 6.07) is 0.773. The van der Waals surface area contributed by atoms with Gasteiger partial charge in [-0.3, -0.25) is 9.97 Å². The van der Waals surface area contributed by atoms with Crippen molar-refractivity contribution in [1.29, 1.82) is 0 Å². The van der Waals surface area contributed by atoms with Gasteiger partial charge in [-0.25, -0.2) is 9.37 Å². The first-order chi connectivity index (χ1) is 8.24. The highest BCUT2D eigenvalue weighted by molar-refractivity contribution is 5.31. The van der Waals surface area contributed by atoms with Gasteiger partial charge in [0.25, 0.3) is 0 Å². The van der Waals surface area contributed by atoms with E-state index in [9.17, 15) is 4.39 Å². The second kappa shape index (κ2) is 4.84. The number of hydrogen-bond acceptors (Lipinski definition) is 5. The van der Waals surface area contributed by atoms with Crippen molar-refractivity contribution in [3.8, 4) is 5.88 Å². The van der Waals surface area contributed by atoms with Crippen molar-refractivity contribution >= 4 is 0 Å². The minimum Gasteiger partial charge on any atom is -0.480 e. The SMILES string of the molecule is COc1nccnc1C(N)c1ccncc1F. The Morgan fingerprint density at radius 3 is 2.76 bits per heavy atom. The molecule has 88 valence electrons. The van der Waals surface area contributed by atoms with E-state index in [1.54, 1.807) is 0 Å². The quantitative estimate of drug-likeness (QED) is 0.859. The molecule has 0 amide bonds. The van der Waals surface area contributed by atoms with Crippen molar-refractivity contribution in [1.82, 2.24) is 15.0 Å². The first kappa shape index (κ1) is 11.4. The molecule has 2 aromatic rings. The first-order valence-corrected chi connectivity index (χ1v) is 4.94. The van der Waals surface area contributed by atoms with Crippen LogP contribution in [0.5, 0.6) is 5.88 Å². The van der Waals surface area contributed by atoms with E-state index in [0.29, 0.717) is 11.3 Å². The van der Waals surface area contributed by atoms with Crippen molar-refractivity contribution in [3.63, 3.8) is 0 Å². The molecule has 1 unspecified atom stereocenters. The standard InChI is InChI=1S/C11H11FN4O/c1-17-11-10(15-4-5-16-11)9(13)7-2-3-14-6-8(7)12/h2-6,9H,13H2,1H3. The third-order valence-corrected chi connectivity index (χ3v) is 2.32. The second-order valence-corrected chi connectivity index (χ2v) is 3.33. The van der Waals surface area contributed by atoms with E-state index in [4.69, 9.17) is 10.5 Å². The molecule has 0 spiro atoms. The molecule has 5 nitrogen and oxygen atoms in total. The Hall–Kier alpha value is -2.08. The van der Waals surface area contributed by atoms with Crippen LogP contribution in [0.1, 0.15) is 17.3 Å². The van der Waals surface area contributed by atoms with Gasteiger partial charge in [-0.2, -0.15) is 0 Å². The Morgan fingerprint density at radius 1 is 1.29 bits per heavy atom. The Labute approximate surface area is 97.5 Å². The number of aromatic nitrogens is 3. The largest absolute Gasteiger partial charge is 0.480 e. The van der Waals surface area contributed by atoms with Crippen LogP contribution in [-0.2, 0) is 0 Å². The molecule has 0 radical (unpaired) electrons. The van der Waals surface area contributed by atoms with E-state index in [0.717, 1.165) is 6.20 Å². The highest BCUT2D eigenvalue weighted by atomic mass is 19.1. The molecular weight excluding hydrogens is 223 g/mol. The molecule has 0 saturated carbocycles. The van der Waals surface area contributed by atoms with E-state index in [1.165, 1.54) is 31.8 Å². The minimum absolute atomic E-state index is 0.288. The van der Waals surface area contributed by atoms with Gasteiger partial charge in [-0.15, -0.1) is 0 Å². The predicted molar refractivity (Wildman–Crippen MR) is 58.8 cm³/mol. The minimum atomic E-state index is -0.735. The molecular formula is C11H11FN4O. The van der Waals surface area contributed by atoms with Crippen LogP contribution < -0.4 is 10.5 Å². The molecule has 17 heavy (non-hydrogen) atoms. The molecule has 0 aromatic carbocycles. The summed E-state index contributed by atoms with van der Waals surface area (Å²) in [5.74, 6) is -0.191. The maximum absolute atomic E-state index is 13.5. The van der Waals surface area contributed by atoms with E-state index in [-0.39, 0.29) is 5.88 Å². The van der Waals surface area contributed by atoms with Gasteiger partial charge in [-0.05, 0) is 6.07 Å². The molecule has 2 aromatic heterocycles. The lowest BCUT2D eigenvalue weighted by atomic mass is 10.1. The molecule has 2 N–H and O–H groups in total. The highest BCUT2D eigenvalue weighted by Crippen LogP contribution is 2.25. The highest BCUT2D eigenvalue weighted by Gasteiger charge is 2.19. The van der Waals surface area contributed by atoms with Crippen LogP contribution in [0.3, 0.4) is 0 Å². The fourth-order valence-corrected chi connectivity index (χ4v) is 1.49. The normalized spacial score (nSPS) is 12.2. The lowest BCUT2D eigenvalue weighted by molar-refractivity contribution is 0.386. The maximum Gasteiger partial charge on any atom is 0.237 e. The summed E-state index contributed by atoms with van der Waals surface area (Å²) in [4.78, 5) is 11.7. The zero-order valence-electron chi connectivity index (χ0n) is 9.17. The lowest BCUT2D eigenvalue weighted by Gasteiger charge is -2.13. The van der Waals surface area contributed by atoms with Gasteiger partial charge < -0.3 is 10.5 Å². The summed E-state index contributed by atoms with van der Waals surface area (Å²) >= 11 is 0. The van der Waals surface area contributed by atoms with Crippen molar-refractivity contribution in [2.75, 3.05) is 7.11 Å². The fourth-order valence-electron chi connectivity index (χ4n) is 1.49. The van der Waals surface area contributed by atoms with Crippen molar-refractivity contribution in [2.24, 2.45) is 5.73 Å². The third kappa shape index (κ3) is 2.21. The summed E-state index contributed by atoms with van der Waals surface area (Å²) in [6.07, 6.45) is 5.55. The lowest BCUT2D eigenvalue weighted by Crippen LogP contribution is -2.17. The average molecular weight is 234 g/mol. The third-order valence-electron chi connectivity index (χ3n) is 2.32. The van der Waals surface area contributed by atoms with Crippen LogP contribution in [0, 0.1) is 5.82 Å². The fraction of sp³-hybridized carbons (Fsp3) is 0.182. The number of rotatable bonds is 3. The summed E-state index contributed by atoms with van der Waals surface area (Å²) in [5.41, 5.74) is 6.64. The number of nitrogens with zero attached hydrogens (tertiary/aromatic N) is 3. The van der Waals surface area contributed by atoms with E-state index < -0.39 is 11.9 Å². The summed E-state index contributed by atoms with van der Waals surface area (Å²) in [5, 5.41) is 0. The Bertz CT molecular complexity index is 520. The van der Waals surface area contributed by atoms with Gasteiger partial charge in [0.15, 0.2) is 0 Å². The second-order valence-electron chi connectivity index (χ2n) is 3.33. The molecule has 0 aliphatic rings. The average Bonchev–Trinajstić information content (AvgIpc) is 2.38. The number of hydrogen-bond donors (Lipinski definition) is 1. The van der Waals surface area contributed by atoms with Crippen LogP contribution >= 0.6 is 0 Å². The monoisotopic (exact) mass is 234 g/mol. The van der Waals surface area contributed by atoms with Gasteiger partial charge in [0, 0.05) is 24.2 Å². The zero-order chi connectivity index (χ0) is 12.3. The van der Waals surface area contributed by atoms with Gasteiger partial charge in [-0.1, -0.05) is 0 Å². The molecule has 0 aliphatic carbocycles. The van der Waals surface area contributed by atoms with Crippen LogP contribution in [0.15, 0.2) is 30.9 Å². The van der Waals surface area contributed by atoms with E-state index >= 15 is 0 Å². The first-order valence-electron chi connectivity index (χ1n) is 4.94. The molecule has 2 rings (SSSR count). The van der Waals surface area contributed by atoms with E-state index in [1.807, 2.05) is 0 Å². The Kier molecular flexibility index (Phi) is 3.24. The van der Waals surface area contributed by atoms with Crippen molar-refractivity contribution in [2.45, 2.75) is 6.04 Å². The van der Waals surface area contributed by atoms with Crippen LogP contribution in [-0.4, -0.2) is 22.1 Å². The number of pyridine rings is 1. The predicted octanol–water partition coefficient (Wildman–Crippen LogP) is 1.07. The molecule has 6 heteroatoms. The number of ether oxygens (including phenoxy) is 1. The molecule has 2 heterocycles. The van der Waals surface area contributed by atoms with Gasteiger partial charge >= 0.3 is 0 Å². The van der Waals surface area contributed by atoms with Crippen molar-refractivity contribution < 1.29 is 9.13 Å². The van der Waals surface area contributed by atoms with Gasteiger partial charge in [0.1, 0.15) is 11.5 Å². The van der Waals surface area contributed by atoms with Crippen LogP contribution in [0.25, 0.3) is 0 Å². The van der Waals surface area contributed by atoms with E-state index in [2.05, 4.69) is 15.0 Å². The number of halogens is 1. The number of methoxy groups -OCH3 is 1. The van der Waals surface area contributed by atoms with Crippen LogP contribution in [0.4, 0.5) is 4.39 Å². The smallest absolute Gasteiger partial charge is 0.237 e. The van der Waals surface area contributed by atoms with Crippen molar-refractivity contribution in [3.05, 3.63) is 47.9 Å². The molecule has 0 fully saturated rings. The molecule has 0 aliphatic heterocycles. The summed E-state index contributed by atoms with van der Waals surface area (Å²) in [6.45, 7) is 0. The Balaban J connectivity index is 2.44. The van der Waals surface area contributed by atoms with Gasteiger partial charge in [0.05, 0.1) is 19.3 Å². The topological polar surface area (TPSA) is 73.9 Å². The number of nitrogens with two attached hydrogens (primary N) is 1. The zero-order valence-corrected chi connectivity index (χ0v) is 9.17. The van der Waals surface area contributed by atoms with Crippen LogP contribution in [0.2, 0.25) is 0 Å². The summed E-state index contributed by atoms with van der Waals surface area (Å²) < 4.78 is 18.6. The Morgan fingerprint density at radius 2 is 2.06 bits per heavy atom. The summed E-state index contributed by atoms with van der Waals surface area (Å²) in [7, 11) is 1.46. The molecule has 0 bridgehead atoms. The van der Waals surface area contributed by atoms with Gasteiger partial charge in [0.2, 0.25) is 5.88 Å². The molecule has 0 saturated heterocycles. The molecule has 1 atom stereocenters. The maximum atomic E-state index is 13.5.